The van der Waals surface area contributed by atoms with E-state index in [1.54, 1.807) is 0 Å². The summed E-state index contributed by atoms with van der Waals surface area (Å²) in [4.78, 5) is 26.4. The van der Waals surface area contributed by atoms with Crippen LogP contribution < -0.4 is 0 Å². The first-order valence-electron chi connectivity index (χ1n) is 13.7. The van der Waals surface area contributed by atoms with Crippen LogP contribution in [-0.2, 0) is 9.59 Å². The topological polar surface area (TPSA) is 74.6 Å². The molecule has 0 spiro atoms. The van der Waals surface area contributed by atoms with Crippen LogP contribution >= 0.6 is 0 Å². The fourth-order valence-electron chi connectivity index (χ4n) is 10.4. The number of carbonyl (C=O) groups is 2. The quantitative estimate of drug-likeness (QED) is 0.464. The van der Waals surface area contributed by atoms with E-state index in [4.69, 9.17) is 0 Å². The lowest BCUT2D eigenvalue weighted by Crippen LogP contribution is -2.66. The van der Waals surface area contributed by atoms with Crippen molar-refractivity contribution in [1.82, 2.24) is 0 Å². The Morgan fingerprint density at radius 1 is 0.912 bits per heavy atom. The maximum absolute atomic E-state index is 14.2. The third-order valence-electron chi connectivity index (χ3n) is 13.1. The molecule has 0 heterocycles. The number of carboxylic acid groups (broad SMARTS) is 1. The summed E-state index contributed by atoms with van der Waals surface area (Å²) in [7, 11) is 0. The van der Waals surface area contributed by atoms with Gasteiger partial charge in [-0.2, -0.15) is 0 Å². The molecule has 0 aromatic carbocycles. The predicted molar refractivity (Wildman–Crippen MR) is 133 cm³/mol. The summed E-state index contributed by atoms with van der Waals surface area (Å²) in [5.74, 6) is 0.0603. The summed E-state index contributed by atoms with van der Waals surface area (Å²) in [6.45, 7) is 15.8. The van der Waals surface area contributed by atoms with Gasteiger partial charge in [-0.3, -0.25) is 9.59 Å². The van der Waals surface area contributed by atoms with E-state index in [-0.39, 0.29) is 50.8 Å². The number of ketones is 1. The first-order valence-corrected chi connectivity index (χ1v) is 13.7. The van der Waals surface area contributed by atoms with Crippen molar-refractivity contribution in [3.8, 4) is 0 Å². The Morgan fingerprint density at radius 3 is 2.21 bits per heavy atom. The minimum atomic E-state index is -0.711. The molecular formula is C30H46O4. The molecule has 0 amide bonds. The van der Waals surface area contributed by atoms with Gasteiger partial charge in [0.1, 0.15) is 0 Å². The van der Waals surface area contributed by atoms with Gasteiger partial charge in [-0.15, -0.1) is 0 Å². The van der Waals surface area contributed by atoms with Crippen molar-refractivity contribution >= 4 is 11.8 Å². The molecule has 5 rings (SSSR count). The van der Waals surface area contributed by atoms with Gasteiger partial charge in [0.25, 0.3) is 0 Å². The van der Waals surface area contributed by atoms with Gasteiger partial charge in [-0.1, -0.05) is 47.1 Å². The molecule has 4 nitrogen and oxygen atoms in total. The lowest BCUT2D eigenvalue weighted by molar-refractivity contribution is -0.202. The molecule has 9 atom stereocenters. The zero-order valence-corrected chi connectivity index (χ0v) is 22.5. The summed E-state index contributed by atoms with van der Waals surface area (Å²) >= 11 is 0. The number of carbonyl (C=O) groups excluding carboxylic acids is 1. The maximum atomic E-state index is 14.2. The Balaban J connectivity index is 1.62. The third-order valence-corrected chi connectivity index (χ3v) is 13.1. The van der Waals surface area contributed by atoms with Crippen molar-refractivity contribution in [2.75, 3.05) is 0 Å². The van der Waals surface area contributed by atoms with E-state index in [1.165, 1.54) is 5.57 Å². The van der Waals surface area contributed by atoms with Gasteiger partial charge >= 0.3 is 5.97 Å². The predicted octanol–water partition coefficient (Wildman–Crippen LogP) is 6.41. The van der Waals surface area contributed by atoms with Gasteiger partial charge in [-0.25, -0.2) is 0 Å². The van der Waals surface area contributed by atoms with Crippen LogP contribution in [-0.4, -0.2) is 28.1 Å². The van der Waals surface area contributed by atoms with Crippen molar-refractivity contribution < 1.29 is 19.8 Å². The van der Waals surface area contributed by atoms with Crippen molar-refractivity contribution in [2.45, 2.75) is 112 Å². The summed E-state index contributed by atoms with van der Waals surface area (Å²) in [5, 5.41) is 20.9. The molecule has 5 aliphatic carbocycles. The first-order chi connectivity index (χ1) is 15.6. The summed E-state index contributed by atoms with van der Waals surface area (Å²) < 4.78 is 0. The highest BCUT2D eigenvalue weighted by Crippen LogP contribution is 2.75. The van der Waals surface area contributed by atoms with Crippen LogP contribution in [0.5, 0.6) is 0 Å². The van der Waals surface area contributed by atoms with Gasteiger partial charge in [0.2, 0.25) is 0 Å². The number of aliphatic carboxylic acids is 1. The highest BCUT2D eigenvalue weighted by atomic mass is 16.4. The average molecular weight is 471 g/mol. The van der Waals surface area contributed by atoms with E-state index in [0.717, 1.165) is 51.4 Å². The number of hydrogen-bond donors (Lipinski definition) is 2. The zero-order valence-electron chi connectivity index (χ0n) is 22.5. The number of aliphatic hydroxyl groups excluding tert-OH is 1. The molecule has 0 radical (unpaired) electrons. The average Bonchev–Trinajstić information content (AvgIpc) is 2.73. The van der Waals surface area contributed by atoms with Gasteiger partial charge < -0.3 is 10.2 Å². The van der Waals surface area contributed by atoms with Crippen molar-refractivity contribution in [3.05, 3.63) is 11.6 Å². The number of allylic oxidation sites excluding steroid dienone is 2. The Hall–Kier alpha value is -1.16. The Morgan fingerprint density at radius 2 is 1.56 bits per heavy atom. The molecule has 0 unspecified atom stereocenters. The van der Waals surface area contributed by atoms with Gasteiger partial charge in [-0.05, 0) is 110 Å². The Kier molecular flexibility index (Phi) is 5.04. The monoisotopic (exact) mass is 470 g/mol. The molecule has 4 fully saturated rings. The number of aliphatic hydroxyl groups is 1. The SMILES string of the molecule is CC1(C)[C@@H](O)CC[C@@]2(C)[C@H]1CC[C@]1(C)[C@H]2C(=O)C=C2[C@H]3C[C@@](C)(C(=O)O)CC[C@]3(C)CC[C@]21C. The molecule has 5 aliphatic rings. The van der Waals surface area contributed by atoms with Crippen LogP contribution in [0.2, 0.25) is 0 Å². The number of fused-ring (bicyclic) bond motifs is 7. The summed E-state index contributed by atoms with van der Waals surface area (Å²) in [5.41, 5.74) is 0.142. The van der Waals surface area contributed by atoms with Crippen molar-refractivity contribution in [3.63, 3.8) is 0 Å². The maximum Gasteiger partial charge on any atom is 0.309 e. The lowest BCUT2D eigenvalue weighted by atomic mass is 9.33. The van der Waals surface area contributed by atoms with E-state index in [2.05, 4.69) is 41.5 Å². The summed E-state index contributed by atoms with van der Waals surface area (Å²) in [6, 6.07) is 0. The van der Waals surface area contributed by atoms with E-state index >= 15 is 0 Å². The second-order valence-corrected chi connectivity index (χ2v) is 14.9. The molecule has 0 aromatic rings. The fraction of sp³-hybridized carbons (Fsp3) is 0.867. The second kappa shape index (κ2) is 6.99. The fourth-order valence-corrected chi connectivity index (χ4v) is 10.4. The Labute approximate surface area is 206 Å². The third kappa shape index (κ3) is 2.81. The number of hydrogen-bond acceptors (Lipinski definition) is 3. The molecule has 0 saturated heterocycles. The lowest BCUT2D eigenvalue weighted by Gasteiger charge is -2.70. The minimum Gasteiger partial charge on any atom is -0.481 e. The van der Waals surface area contributed by atoms with Crippen LogP contribution in [0.15, 0.2) is 11.6 Å². The molecule has 2 N–H and O–H groups in total. The molecule has 0 bridgehead atoms. The van der Waals surface area contributed by atoms with Crippen molar-refractivity contribution in [2.24, 2.45) is 50.2 Å². The van der Waals surface area contributed by atoms with Crippen LogP contribution in [0, 0.1) is 50.2 Å². The molecule has 4 saturated carbocycles. The zero-order chi connectivity index (χ0) is 25.1. The van der Waals surface area contributed by atoms with E-state index in [9.17, 15) is 19.8 Å². The normalized spacial score (nSPS) is 54.1. The molecular weight excluding hydrogens is 424 g/mol. The molecule has 0 aromatic heterocycles. The number of rotatable bonds is 1. The standard InChI is InChI=1S/C30H46O4/c1-25(2)21-8-11-30(7)23(28(21,5)10-9-22(25)32)20(31)16-18-19-17-27(4,24(33)34)13-12-26(19,3)14-15-29(18,30)6/h16,19,21-23,32H,8-15,17H2,1-7H3,(H,33,34)/t19-,21+,22+,23+,26-,27+,28+,29-,30-/m1/s1. The van der Waals surface area contributed by atoms with Gasteiger partial charge in [0.15, 0.2) is 5.78 Å². The van der Waals surface area contributed by atoms with E-state index in [0.29, 0.717) is 12.3 Å². The molecule has 34 heavy (non-hydrogen) atoms. The summed E-state index contributed by atoms with van der Waals surface area (Å²) in [6.07, 6.45) is 9.95. The Bertz CT molecular complexity index is 965. The van der Waals surface area contributed by atoms with Crippen LogP contribution in [0.25, 0.3) is 0 Å². The molecule has 0 aliphatic heterocycles. The van der Waals surface area contributed by atoms with E-state index < -0.39 is 11.4 Å². The highest BCUT2D eigenvalue weighted by molar-refractivity contribution is 5.95. The van der Waals surface area contributed by atoms with Crippen molar-refractivity contribution in [1.29, 1.82) is 0 Å². The highest BCUT2D eigenvalue weighted by Gasteiger charge is 2.70. The molecule has 190 valence electrons. The van der Waals surface area contributed by atoms with Gasteiger partial charge in [0.05, 0.1) is 11.5 Å². The van der Waals surface area contributed by atoms with E-state index in [1.807, 2.05) is 13.0 Å². The first kappa shape index (κ1) is 24.5. The molecule has 4 heteroatoms. The largest absolute Gasteiger partial charge is 0.481 e. The smallest absolute Gasteiger partial charge is 0.309 e. The minimum absolute atomic E-state index is 0.0296. The van der Waals surface area contributed by atoms with Crippen LogP contribution in [0.1, 0.15) is 106 Å². The van der Waals surface area contributed by atoms with Crippen LogP contribution in [0.4, 0.5) is 0 Å². The number of carboxylic acids is 1. The van der Waals surface area contributed by atoms with Gasteiger partial charge in [0, 0.05) is 5.92 Å². The van der Waals surface area contributed by atoms with Crippen LogP contribution in [0.3, 0.4) is 0 Å². The second-order valence-electron chi connectivity index (χ2n) is 14.9.